The van der Waals surface area contributed by atoms with E-state index in [2.05, 4.69) is 28.4 Å². The van der Waals surface area contributed by atoms with E-state index in [9.17, 15) is 5.11 Å². The molecule has 4 heteroatoms. The van der Waals surface area contributed by atoms with E-state index < -0.39 is 0 Å². The number of aromatic amines is 1. The van der Waals surface area contributed by atoms with Crippen LogP contribution in [-0.4, -0.2) is 15.3 Å². The summed E-state index contributed by atoms with van der Waals surface area (Å²) >= 11 is 0. The third-order valence-corrected chi connectivity index (χ3v) is 3.99. The minimum absolute atomic E-state index is 0.252. The number of aromatic nitrogens is 2. The van der Waals surface area contributed by atoms with Gasteiger partial charge in [-0.25, -0.2) is 0 Å². The maximum atomic E-state index is 9.53. The quantitative estimate of drug-likeness (QED) is 0.520. The van der Waals surface area contributed by atoms with Crippen LogP contribution in [0.3, 0.4) is 0 Å². The molecule has 0 unspecified atom stereocenters. The average Bonchev–Trinajstić information content (AvgIpc) is 2.96. The molecule has 3 aromatic carbocycles. The van der Waals surface area contributed by atoms with Gasteiger partial charge in [-0.1, -0.05) is 42.5 Å². The van der Waals surface area contributed by atoms with E-state index in [0.717, 1.165) is 33.2 Å². The number of nitrogen functional groups attached to an aromatic ring is 1. The van der Waals surface area contributed by atoms with E-state index in [1.807, 2.05) is 36.4 Å². The molecule has 0 aliphatic carbocycles. The zero-order chi connectivity index (χ0) is 15.8. The van der Waals surface area contributed by atoms with Crippen molar-refractivity contribution in [3.63, 3.8) is 0 Å². The lowest BCUT2D eigenvalue weighted by atomic mass is 9.93. The molecule has 4 N–H and O–H groups in total. The van der Waals surface area contributed by atoms with Crippen LogP contribution in [-0.2, 0) is 0 Å². The lowest BCUT2D eigenvalue weighted by molar-refractivity contribution is 0.475. The fourth-order valence-electron chi connectivity index (χ4n) is 2.82. The topological polar surface area (TPSA) is 74.9 Å². The van der Waals surface area contributed by atoms with Gasteiger partial charge in [-0.3, -0.25) is 5.10 Å². The van der Waals surface area contributed by atoms with Gasteiger partial charge in [0.15, 0.2) is 5.82 Å². The van der Waals surface area contributed by atoms with Crippen LogP contribution in [0.5, 0.6) is 5.75 Å². The number of nitrogens with two attached hydrogens (primary N) is 1. The van der Waals surface area contributed by atoms with Crippen LogP contribution in [0.25, 0.3) is 33.2 Å². The van der Waals surface area contributed by atoms with E-state index in [1.165, 1.54) is 0 Å². The number of fused-ring (bicyclic) bond motifs is 1. The molecule has 23 heavy (non-hydrogen) atoms. The van der Waals surface area contributed by atoms with Gasteiger partial charge < -0.3 is 10.8 Å². The molecule has 4 rings (SSSR count). The number of hydrogen-bond donors (Lipinski definition) is 3. The van der Waals surface area contributed by atoms with Gasteiger partial charge in [0.2, 0.25) is 0 Å². The van der Waals surface area contributed by atoms with E-state index in [0.29, 0.717) is 5.82 Å². The van der Waals surface area contributed by atoms with Gasteiger partial charge in [0.1, 0.15) is 5.75 Å². The van der Waals surface area contributed by atoms with Gasteiger partial charge in [-0.2, -0.15) is 5.10 Å². The number of nitrogens with one attached hydrogen (secondary N) is 1. The number of aromatic hydroxyl groups is 1. The molecule has 112 valence electrons. The molecule has 1 heterocycles. The first-order valence-electron chi connectivity index (χ1n) is 7.35. The highest BCUT2D eigenvalue weighted by molar-refractivity contribution is 5.99. The molecule has 0 aliphatic rings. The number of benzene rings is 3. The highest BCUT2D eigenvalue weighted by Gasteiger charge is 2.12. The number of H-pyrrole nitrogens is 1. The number of hydrogen-bond acceptors (Lipinski definition) is 3. The first kappa shape index (κ1) is 13.4. The molecule has 0 fully saturated rings. The molecule has 0 saturated heterocycles. The minimum atomic E-state index is 0.252. The summed E-state index contributed by atoms with van der Waals surface area (Å²) < 4.78 is 0. The van der Waals surface area contributed by atoms with Gasteiger partial charge in [0.05, 0.1) is 5.52 Å². The molecule has 1 aromatic heterocycles. The zero-order valence-electron chi connectivity index (χ0n) is 12.3. The molecular formula is C19H15N3O. The van der Waals surface area contributed by atoms with Crippen LogP contribution in [0.15, 0.2) is 66.7 Å². The Hall–Kier alpha value is -3.27. The number of phenols is 1. The normalized spacial score (nSPS) is 11.0. The maximum Gasteiger partial charge on any atom is 0.153 e. The Morgan fingerprint density at radius 1 is 0.826 bits per heavy atom. The minimum Gasteiger partial charge on any atom is -0.508 e. The highest BCUT2D eigenvalue weighted by Crippen LogP contribution is 2.36. The third-order valence-electron chi connectivity index (χ3n) is 3.99. The zero-order valence-corrected chi connectivity index (χ0v) is 12.3. The van der Waals surface area contributed by atoms with Crippen LogP contribution in [0.1, 0.15) is 0 Å². The fourth-order valence-corrected chi connectivity index (χ4v) is 2.82. The highest BCUT2D eigenvalue weighted by atomic mass is 16.3. The standard InChI is InChI=1S/C19H15N3O/c20-19-17-10-15(12-4-2-1-3-5-12)16(11-18(17)21-22-19)13-6-8-14(23)9-7-13/h1-11,23H,(H3,20,21,22). The van der Waals surface area contributed by atoms with E-state index in [1.54, 1.807) is 12.1 Å². The van der Waals surface area contributed by atoms with Crippen molar-refractivity contribution in [3.8, 4) is 28.0 Å². The molecule has 0 bridgehead atoms. The van der Waals surface area contributed by atoms with Crippen molar-refractivity contribution in [2.45, 2.75) is 0 Å². The monoisotopic (exact) mass is 301 g/mol. The molecule has 0 spiro atoms. The van der Waals surface area contributed by atoms with Crippen molar-refractivity contribution in [3.05, 3.63) is 66.7 Å². The van der Waals surface area contributed by atoms with Crippen molar-refractivity contribution in [2.24, 2.45) is 0 Å². The summed E-state index contributed by atoms with van der Waals surface area (Å²) in [6.07, 6.45) is 0. The van der Waals surface area contributed by atoms with Gasteiger partial charge >= 0.3 is 0 Å². The summed E-state index contributed by atoms with van der Waals surface area (Å²) in [5, 5.41) is 17.5. The van der Waals surface area contributed by atoms with Crippen molar-refractivity contribution in [2.75, 3.05) is 5.73 Å². The van der Waals surface area contributed by atoms with Crippen LogP contribution >= 0.6 is 0 Å². The predicted octanol–water partition coefficient (Wildman–Crippen LogP) is 4.18. The molecule has 0 aliphatic heterocycles. The van der Waals surface area contributed by atoms with Crippen LogP contribution < -0.4 is 5.73 Å². The van der Waals surface area contributed by atoms with Crippen molar-refractivity contribution in [1.29, 1.82) is 0 Å². The lowest BCUT2D eigenvalue weighted by Crippen LogP contribution is -1.88. The van der Waals surface area contributed by atoms with E-state index in [4.69, 9.17) is 5.73 Å². The van der Waals surface area contributed by atoms with Gasteiger partial charge in [-0.05, 0) is 46.5 Å². The predicted molar refractivity (Wildman–Crippen MR) is 93.0 cm³/mol. The van der Waals surface area contributed by atoms with E-state index in [-0.39, 0.29) is 5.75 Å². The van der Waals surface area contributed by atoms with Gasteiger partial charge in [-0.15, -0.1) is 0 Å². The summed E-state index contributed by atoms with van der Waals surface area (Å²) in [5.41, 5.74) is 11.1. The first-order chi connectivity index (χ1) is 11.2. The third kappa shape index (κ3) is 2.30. The Morgan fingerprint density at radius 2 is 1.48 bits per heavy atom. The number of rotatable bonds is 2. The molecule has 0 radical (unpaired) electrons. The average molecular weight is 301 g/mol. The Labute approximate surface area is 133 Å². The smallest absolute Gasteiger partial charge is 0.153 e. The van der Waals surface area contributed by atoms with Gasteiger partial charge in [0, 0.05) is 5.39 Å². The van der Waals surface area contributed by atoms with Crippen LogP contribution in [0.4, 0.5) is 5.82 Å². The number of phenolic OH excluding ortho intramolecular Hbond substituents is 1. The number of nitrogens with zero attached hydrogens (tertiary/aromatic N) is 1. The fraction of sp³-hybridized carbons (Fsp3) is 0. The summed E-state index contributed by atoms with van der Waals surface area (Å²) in [6.45, 7) is 0. The molecule has 4 aromatic rings. The Morgan fingerprint density at radius 3 is 2.22 bits per heavy atom. The maximum absolute atomic E-state index is 9.53. The second kappa shape index (κ2) is 5.18. The largest absolute Gasteiger partial charge is 0.508 e. The SMILES string of the molecule is Nc1n[nH]c2cc(-c3ccc(O)cc3)c(-c3ccccc3)cc12. The number of anilines is 1. The Bertz CT molecular complexity index is 973. The van der Waals surface area contributed by atoms with E-state index >= 15 is 0 Å². The van der Waals surface area contributed by atoms with Crippen molar-refractivity contribution in [1.82, 2.24) is 10.2 Å². The molecular weight excluding hydrogens is 286 g/mol. The Kier molecular flexibility index (Phi) is 3.01. The van der Waals surface area contributed by atoms with Crippen molar-refractivity contribution < 1.29 is 5.11 Å². The summed E-state index contributed by atoms with van der Waals surface area (Å²) in [7, 11) is 0. The summed E-state index contributed by atoms with van der Waals surface area (Å²) in [5.74, 6) is 0.747. The molecule has 0 amide bonds. The van der Waals surface area contributed by atoms with Crippen LogP contribution in [0, 0.1) is 0 Å². The second-order valence-electron chi connectivity index (χ2n) is 5.47. The van der Waals surface area contributed by atoms with Crippen LogP contribution in [0.2, 0.25) is 0 Å². The second-order valence-corrected chi connectivity index (χ2v) is 5.47. The van der Waals surface area contributed by atoms with Gasteiger partial charge in [0.25, 0.3) is 0 Å². The first-order valence-corrected chi connectivity index (χ1v) is 7.35. The Balaban J connectivity index is 2.02. The summed E-state index contributed by atoms with van der Waals surface area (Å²) in [4.78, 5) is 0. The van der Waals surface area contributed by atoms with Crippen molar-refractivity contribution >= 4 is 16.7 Å². The molecule has 4 nitrogen and oxygen atoms in total. The lowest BCUT2D eigenvalue weighted by Gasteiger charge is -2.11. The summed E-state index contributed by atoms with van der Waals surface area (Å²) in [6, 6.07) is 21.5. The molecule has 0 saturated carbocycles. The molecule has 0 atom stereocenters.